The largest absolute Gasteiger partial charge is 0.328 e. The molecule has 56 valence electrons. The molecule has 1 nitrogen and oxygen atoms in total. The Hall–Kier alpha value is -0.0400. The normalized spacial score (nSPS) is 31.7. The third-order valence-corrected chi connectivity index (χ3v) is 2.01. The summed E-state index contributed by atoms with van der Waals surface area (Å²) in [5, 5.41) is 0. The molecule has 0 aromatic rings. The van der Waals surface area contributed by atoms with Crippen molar-refractivity contribution in [2.24, 2.45) is 11.1 Å². The van der Waals surface area contributed by atoms with Crippen molar-refractivity contribution < 1.29 is 0 Å². The number of hydrogen-bond donors (Lipinski definition) is 1. The van der Waals surface area contributed by atoms with Gasteiger partial charge in [-0.1, -0.05) is 21.3 Å². The Balaban J connectivity index is 0.000000640. The van der Waals surface area contributed by atoms with Crippen molar-refractivity contribution in [3.05, 3.63) is 0 Å². The van der Waals surface area contributed by atoms with Crippen molar-refractivity contribution in [2.45, 2.75) is 46.6 Å². The van der Waals surface area contributed by atoms with Gasteiger partial charge < -0.3 is 5.73 Å². The molecule has 0 aliphatic heterocycles. The van der Waals surface area contributed by atoms with Crippen LogP contribution in [0.15, 0.2) is 0 Å². The third-order valence-electron chi connectivity index (χ3n) is 2.01. The molecule has 0 radical (unpaired) electrons. The molecule has 0 heterocycles. The molecule has 1 heteroatoms. The van der Waals surface area contributed by atoms with Crippen LogP contribution >= 0.6 is 0 Å². The van der Waals surface area contributed by atoms with Crippen LogP contribution in [0.3, 0.4) is 0 Å². The zero-order valence-corrected chi connectivity index (χ0v) is 5.78. The Labute approximate surface area is 58.6 Å². The molecule has 2 N–H and O–H groups in total. The molecule has 0 amide bonds. The minimum atomic E-state index is 0. The lowest BCUT2D eigenvalue weighted by Crippen LogP contribution is -2.16. The second-order valence-corrected chi connectivity index (χ2v) is 3.67. The summed E-state index contributed by atoms with van der Waals surface area (Å²) < 4.78 is 0. The predicted octanol–water partition coefficient (Wildman–Crippen LogP) is 2.16. The molecule has 0 bridgehead atoms. The highest BCUT2D eigenvalue weighted by Gasteiger charge is 2.27. The lowest BCUT2D eigenvalue weighted by Gasteiger charge is -2.14. The molecule has 1 fully saturated rings. The van der Waals surface area contributed by atoms with Crippen LogP contribution in [-0.2, 0) is 0 Å². The monoisotopic (exact) mass is 129 g/mol. The smallest absolute Gasteiger partial charge is 0.00441 e. The molecular weight excluding hydrogens is 110 g/mol. The molecule has 1 rings (SSSR count). The van der Waals surface area contributed by atoms with Crippen LogP contribution in [0.1, 0.15) is 40.5 Å². The third kappa shape index (κ3) is 2.35. The molecule has 1 aliphatic rings. The first-order valence-corrected chi connectivity index (χ1v) is 3.36. The highest BCUT2D eigenvalue weighted by molar-refractivity contribution is 4.83. The van der Waals surface area contributed by atoms with Crippen molar-refractivity contribution in [2.75, 3.05) is 0 Å². The fourth-order valence-corrected chi connectivity index (χ4v) is 1.49. The van der Waals surface area contributed by atoms with E-state index in [0.717, 1.165) is 0 Å². The topological polar surface area (TPSA) is 26.0 Å². The lowest BCUT2D eigenvalue weighted by molar-refractivity contribution is 0.376. The van der Waals surface area contributed by atoms with Gasteiger partial charge in [-0.15, -0.1) is 0 Å². The second-order valence-electron chi connectivity index (χ2n) is 3.67. The summed E-state index contributed by atoms with van der Waals surface area (Å²) in [4.78, 5) is 0. The second kappa shape index (κ2) is 2.70. The van der Waals surface area contributed by atoms with E-state index in [0.29, 0.717) is 11.5 Å². The lowest BCUT2D eigenvalue weighted by atomic mass is 9.92. The Morgan fingerprint density at radius 2 is 2.00 bits per heavy atom. The first kappa shape index (κ1) is 8.96. The van der Waals surface area contributed by atoms with Crippen LogP contribution in [0, 0.1) is 5.41 Å². The van der Waals surface area contributed by atoms with Gasteiger partial charge in [0, 0.05) is 6.04 Å². The highest BCUT2D eigenvalue weighted by Crippen LogP contribution is 2.35. The van der Waals surface area contributed by atoms with E-state index in [-0.39, 0.29) is 7.43 Å². The van der Waals surface area contributed by atoms with Gasteiger partial charge in [0.25, 0.3) is 0 Å². The highest BCUT2D eigenvalue weighted by atomic mass is 14.7. The molecule has 1 aliphatic carbocycles. The van der Waals surface area contributed by atoms with Gasteiger partial charge in [0.15, 0.2) is 0 Å². The van der Waals surface area contributed by atoms with E-state index >= 15 is 0 Å². The van der Waals surface area contributed by atoms with Crippen molar-refractivity contribution in [1.29, 1.82) is 0 Å². The fraction of sp³-hybridized carbons (Fsp3) is 1.00. The van der Waals surface area contributed by atoms with Gasteiger partial charge in [-0.05, 0) is 24.7 Å². The van der Waals surface area contributed by atoms with Gasteiger partial charge in [-0.3, -0.25) is 0 Å². The Morgan fingerprint density at radius 1 is 1.44 bits per heavy atom. The Kier molecular flexibility index (Phi) is 2.68. The number of rotatable bonds is 0. The molecule has 1 saturated carbocycles. The van der Waals surface area contributed by atoms with Crippen molar-refractivity contribution in [3.63, 3.8) is 0 Å². The van der Waals surface area contributed by atoms with Crippen LogP contribution in [0.25, 0.3) is 0 Å². The molecule has 0 saturated heterocycles. The van der Waals surface area contributed by atoms with E-state index < -0.39 is 0 Å². The van der Waals surface area contributed by atoms with Crippen molar-refractivity contribution >= 4 is 0 Å². The molecular formula is C8H19N. The SMILES string of the molecule is C.CC1(C)CC[C@@H](N)C1. The quantitative estimate of drug-likeness (QED) is 0.533. The summed E-state index contributed by atoms with van der Waals surface area (Å²) in [6.07, 6.45) is 3.76. The maximum Gasteiger partial charge on any atom is 0.00441 e. The molecule has 0 aromatic carbocycles. The van der Waals surface area contributed by atoms with Gasteiger partial charge in [-0.25, -0.2) is 0 Å². The number of hydrogen-bond acceptors (Lipinski definition) is 1. The summed E-state index contributed by atoms with van der Waals surface area (Å²) in [5.74, 6) is 0. The predicted molar refractivity (Wildman–Crippen MR) is 42.3 cm³/mol. The van der Waals surface area contributed by atoms with E-state index in [1.165, 1.54) is 19.3 Å². The Bertz CT molecular complexity index is 86.6. The molecule has 0 aromatic heterocycles. The summed E-state index contributed by atoms with van der Waals surface area (Å²) in [7, 11) is 0. The summed E-state index contributed by atoms with van der Waals surface area (Å²) >= 11 is 0. The average molecular weight is 129 g/mol. The fourth-order valence-electron chi connectivity index (χ4n) is 1.49. The van der Waals surface area contributed by atoms with Gasteiger partial charge in [0.05, 0.1) is 0 Å². The van der Waals surface area contributed by atoms with E-state index in [4.69, 9.17) is 5.73 Å². The first-order valence-electron chi connectivity index (χ1n) is 3.36. The van der Waals surface area contributed by atoms with Crippen LogP contribution < -0.4 is 5.73 Å². The van der Waals surface area contributed by atoms with Crippen molar-refractivity contribution in [3.8, 4) is 0 Å². The van der Waals surface area contributed by atoms with Gasteiger partial charge in [0.1, 0.15) is 0 Å². The zero-order valence-electron chi connectivity index (χ0n) is 5.78. The minimum Gasteiger partial charge on any atom is -0.328 e. The maximum atomic E-state index is 5.71. The van der Waals surface area contributed by atoms with Gasteiger partial charge in [0.2, 0.25) is 0 Å². The standard InChI is InChI=1S/C7H15N.CH4/c1-7(2)4-3-6(8)5-7;/h6H,3-5,8H2,1-2H3;1H4/t6-;/m1./s1. The number of nitrogens with two attached hydrogens (primary N) is 1. The average Bonchev–Trinajstić information content (AvgIpc) is 1.82. The van der Waals surface area contributed by atoms with Crippen LogP contribution in [0.2, 0.25) is 0 Å². The minimum absolute atomic E-state index is 0. The first-order chi connectivity index (χ1) is 3.60. The van der Waals surface area contributed by atoms with E-state index in [1.807, 2.05) is 0 Å². The van der Waals surface area contributed by atoms with Gasteiger partial charge in [-0.2, -0.15) is 0 Å². The molecule has 1 atom stereocenters. The van der Waals surface area contributed by atoms with Gasteiger partial charge >= 0.3 is 0 Å². The van der Waals surface area contributed by atoms with E-state index in [9.17, 15) is 0 Å². The van der Waals surface area contributed by atoms with E-state index in [1.54, 1.807) is 0 Å². The van der Waals surface area contributed by atoms with Crippen LogP contribution in [0.4, 0.5) is 0 Å². The van der Waals surface area contributed by atoms with Crippen LogP contribution in [-0.4, -0.2) is 6.04 Å². The summed E-state index contributed by atoms with van der Waals surface area (Å²) in [5.41, 5.74) is 6.25. The molecule has 0 spiro atoms. The summed E-state index contributed by atoms with van der Waals surface area (Å²) in [6.45, 7) is 4.58. The zero-order chi connectivity index (χ0) is 6.20. The van der Waals surface area contributed by atoms with Crippen molar-refractivity contribution in [1.82, 2.24) is 0 Å². The molecule has 0 unspecified atom stereocenters. The molecule has 9 heavy (non-hydrogen) atoms. The summed E-state index contributed by atoms with van der Waals surface area (Å²) in [6, 6.07) is 0.491. The maximum absolute atomic E-state index is 5.71. The Morgan fingerprint density at radius 3 is 2.11 bits per heavy atom. The van der Waals surface area contributed by atoms with E-state index in [2.05, 4.69) is 13.8 Å². The van der Waals surface area contributed by atoms with Crippen LogP contribution in [0.5, 0.6) is 0 Å².